The maximum atomic E-state index is 12.6. The highest BCUT2D eigenvalue weighted by Crippen LogP contribution is 2.36. The maximum Gasteiger partial charge on any atom is 0.242 e. The van der Waals surface area contributed by atoms with Crippen molar-refractivity contribution in [3.05, 3.63) is 18.2 Å². The molecule has 4 amide bonds. The highest BCUT2D eigenvalue weighted by atomic mass is 16.5. The lowest BCUT2D eigenvalue weighted by molar-refractivity contribution is -0.138. The first-order valence-corrected chi connectivity index (χ1v) is 10.2. The lowest BCUT2D eigenvalue weighted by atomic mass is 10.1. The number of likely N-dealkylation sites (N-methyl/N-ethyl adjacent to an activating group) is 1. The van der Waals surface area contributed by atoms with Crippen molar-refractivity contribution in [2.24, 2.45) is 5.92 Å². The SMILES string of the molecule is CNC(=O)C1CCCN1C(=O)CNC(=O)C1CC(=O)N(c2cc(OC)ccc2OC)C1. The fourth-order valence-electron chi connectivity index (χ4n) is 4.04. The van der Waals surface area contributed by atoms with Gasteiger partial charge in [-0.1, -0.05) is 0 Å². The number of carbonyl (C=O) groups is 4. The molecule has 0 aliphatic carbocycles. The Labute approximate surface area is 180 Å². The zero-order chi connectivity index (χ0) is 22.5. The fourth-order valence-corrected chi connectivity index (χ4v) is 4.04. The number of rotatable bonds is 7. The van der Waals surface area contributed by atoms with Gasteiger partial charge >= 0.3 is 0 Å². The summed E-state index contributed by atoms with van der Waals surface area (Å²) in [6.07, 6.45) is 1.38. The molecule has 10 heteroatoms. The van der Waals surface area contributed by atoms with Crippen molar-refractivity contribution in [3.8, 4) is 11.5 Å². The molecule has 2 unspecified atom stereocenters. The predicted molar refractivity (Wildman–Crippen MR) is 112 cm³/mol. The Morgan fingerprint density at radius 2 is 1.94 bits per heavy atom. The molecule has 31 heavy (non-hydrogen) atoms. The second-order valence-corrected chi connectivity index (χ2v) is 7.52. The van der Waals surface area contributed by atoms with Crippen LogP contribution in [0.25, 0.3) is 0 Å². The van der Waals surface area contributed by atoms with E-state index in [-0.39, 0.29) is 43.1 Å². The summed E-state index contributed by atoms with van der Waals surface area (Å²) in [6, 6.07) is 4.61. The molecular formula is C21H28N4O6. The number of likely N-dealkylation sites (tertiary alicyclic amines) is 1. The molecule has 168 valence electrons. The molecule has 0 spiro atoms. The molecule has 1 aromatic rings. The van der Waals surface area contributed by atoms with E-state index in [0.29, 0.717) is 30.2 Å². The first-order valence-electron chi connectivity index (χ1n) is 10.2. The number of anilines is 1. The van der Waals surface area contributed by atoms with Crippen LogP contribution in [0.3, 0.4) is 0 Å². The summed E-state index contributed by atoms with van der Waals surface area (Å²) in [6.45, 7) is 0.449. The largest absolute Gasteiger partial charge is 0.497 e. The topological polar surface area (TPSA) is 117 Å². The van der Waals surface area contributed by atoms with Crippen molar-refractivity contribution in [1.82, 2.24) is 15.5 Å². The molecule has 0 saturated carbocycles. The summed E-state index contributed by atoms with van der Waals surface area (Å²) < 4.78 is 10.6. The van der Waals surface area contributed by atoms with Crippen molar-refractivity contribution in [2.75, 3.05) is 45.8 Å². The summed E-state index contributed by atoms with van der Waals surface area (Å²) in [4.78, 5) is 52.7. The van der Waals surface area contributed by atoms with Gasteiger partial charge in [-0.15, -0.1) is 0 Å². The first kappa shape index (κ1) is 22.4. The number of nitrogens with zero attached hydrogens (tertiary/aromatic N) is 2. The van der Waals surface area contributed by atoms with Crippen LogP contribution in [0.5, 0.6) is 11.5 Å². The van der Waals surface area contributed by atoms with Gasteiger partial charge in [0.1, 0.15) is 17.5 Å². The first-order chi connectivity index (χ1) is 14.9. The number of ether oxygens (including phenoxy) is 2. The second-order valence-electron chi connectivity index (χ2n) is 7.52. The molecule has 3 rings (SSSR count). The number of benzene rings is 1. The molecule has 1 aromatic carbocycles. The molecule has 0 radical (unpaired) electrons. The average molecular weight is 432 g/mol. The van der Waals surface area contributed by atoms with Crippen LogP contribution >= 0.6 is 0 Å². The zero-order valence-electron chi connectivity index (χ0n) is 18.0. The highest BCUT2D eigenvalue weighted by Gasteiger charge is 2.37. The van der Waals surface area contributed by atoms with Gasteiger partial charge in [0, 0.05) is 32.6 Å². The predicted octanol–water partition coefficient (Wildman–Crippen LogP) is -0.0901. The molecule has 2 aliphatic rings. The quantitative estimate of drug-likeness (QED) is 0.622. The minimum Gasteiger partial charge on any atom is -0.497 e. The van der Waals surface area contributed by atoms with E-state index in [4.69, 9.17) is 9.47 Å². The third kappa shape index (κ3) is 4.73. The second kappa shape index (κ2) is 9.67. The summed E-state index contributed by atoms with van der Waals surface area (Å²) >= 11 is 0. The van der Waals surface area contributed by atoms with Gasteiger partial charge < -0.3 is 29.9 Å². The van der Waals surface area contributed by atoms with Crippen LogP contribution in [0.1, 0.15) is 19.3 Å². The van der Waals surface area contributed by atoms with Crippen molar-refractivity contribution >= 4 is 29.3 Å². The minimum atomic E-state index is -0.593. The van der Waals surface area contributed by atoms with Crippen LogP contribution in [-0.2, 0) is 19.2 Å². The summed E-state index contributed by atoms with van der Waals surface area (Å²) in [5.41, 5.74) is 0.531. The number of hydrogen-bond donors (Lipinski definition) is 2. The Morgan fingerprint density at radius 1 is 1.16 bits per heavy atom. The Kier molecular flexibility index (Phi) is 6.98. The van der Waals surface area contributed by atoms with Crippen molar-refractivity contribution in [3.63, 3.8) is 0 Å². The Balaban J connectivity index is 1.61. The average Bonchev–Trinajstić information content (AvgIpc) is 3.43. The van der Waals surface area contributed by atoms with Crippen LogP contribution in [0.4, 0.5) is 5.69 Å². The molecule has 0 bridgehead atoms. The van der Waals surface area contributed by atoms with Crippen LogP contribution in [0.2, 0.25) is 0 Å². The number of carbonyl (C=O) groups excluding carboxylic acids is 4. The molecular weight excluding hydrogens is 404 g/mol. The molecule has 2 fully saturated rings. The van der Waals surface area contributed by atoms with Crippen LogP contribution < -0.4 is 25.0 Å². The number of hydrogen-bond acceptors (Lipinski definition) is 6. The highest BCUT2D eigenvalue weighted by molar-refractivity contribution is 6.02. The lowest BCUT2D eigenvalue weighted by Gasteiger charge is -2.24. The summed E-state index contributed by atoms with van der Waals surface area (Å²) in [5.74, 6) is -0.627. The summed E-state index contributed by atoms with van der Waals surface area (Å²) in [7, 11) is 4.57. The fraction of sp³-hybridized carbons (Fsp3) is 0.524. The number of amides is 4. The lowest BCUT2D eigenvalue weighted by Crippen LogP contribution is -2.48. The van der Waals surface area contributed by atoms with E-state index in [9.17, 15) is 19.2 Å². The monoisotopic (exact) mass is 432 g/mol. The smallest absolute Gasteiger partial charge is 0.242 e. The molecule has 10 nitrogen and oxygen atoms in total. The molecule has 2 N–H and O–H groups in total. The number of nitrogens with one attached hydrogen (secondary N) is 2. The van der Waals surface area contributed by atoms with Crippen LogP contribution in [-0.4, -0.2) is 75.5 Å². The van der Waals surface area contributed by atoms with Gasteiger partial charge in [-0.25, -0.2) is 0 Å². The van der Waals surface area contributed by atoms with Crippen molar-refractivity contribution in [2.45, 2.75) is 25.3 Å². The van der Waals surface area contributed by atoms with Gasteiger partial charge in [0.2, 0.25) is 23.6 Å². The summed E-state index contributed by atoms with van der Waals surface area (Å²) in [5, 5.41) is 5.19. The molecule has 2 atom stereocenters. The standard InChI is InChI=1S/C21H28N4O6/c1-22-21(29)15-5-4-8-24(15)19(27)11-23-20(28)13-9-18(26)25(12-13)16-10-14(30-2)6-7-17(16)31-3/h6-7,10,13,15H,4-5,8-9,11-12H2,1-3H3,(H,22,29)(H,23,28). The van der Waals surface area contributed by atoms with Gasteiger partial charge in [-0.3, -0.25) is 19.2 Å². The van der Waals surface area contributed by atoms with E-state index in [1.54, 1.807) is 18.2 Å². The van der Waals surface area contributed by atoms with Crippen LogP contribution in [0.15, 0.2) is 18.2 Å². The van der Waals surface area contributed by atoms with E-state index >= 15 is 0 Å². The third-order valence-corrected chi connectivity index (χ3v) is 5.71. The van der Waals surface area contributed by atoms with Crippen molar-refractivity contribution in [1.29, 1.82) is 0 Å². The molecule has 2 aliphatic heterocycles. The van der Waals surface area contributed by atoms with Gasteiger partial charge in [0.15, 0.2) is 0 Å². The van der Waals surface area contributed by atoms with Gasteiger partial charge in [-0.2, -0.15) is 0 Å². The van der Waals surface area contributed by atoms with E-state index in [1.807, 2.05) is 0 Å². The van der Waals surface area contributed by atoms with E-state index in [0.717, 1.165) is 6.42 Å². The minimum absolute atomic E-state index is 0.0327. The third-order valence-electron chi connectivity index (χ3n) is 5.71. The van der Waals surface area contributed by atoms with Crippen molar-refractivity contribution < 1.29 is 28.7 Å². The molecule has 0 aromatic heterocycles. The Bertz CT molecular complexity index is 873. The van der Waals surface area contributed by atoms with Gasteiger partial charge in [0.25, 0.3) is 0 Å². The van der Waals surface area contributed by atoms with Gasteiger partial charge in [0.05, 0.1) is 32.4 Å². The Hall–Kier alpha value is -3.30. The Morgan fingerprint density at radius 3 is 2.61 bits per heavy atom. The maximum absolute atomic E-state index is 12.6. The molecule has 2 saturated heterocycles. The van der Waals surface area contributed by atoms with Gasteiger partial charge in [-0.05, 0) is 25.0 Å². The van der Waals surface area contributed by atoms with Crippen LogP contribution in [0, 0.1) is 5.92 Å². The molecule has 2 heterocycles. The van der Waals surface area contributed by atoms with E-state index in [1.165, 1.54) is 31.1 Å². The number of methoxy groups -OCH3 is 2. The zero-order valence-corrected chi connectivity index (χ0v) is 18.0. The normalized spacial score (nSPS) is 20.5. The van der Waals surface area contributed by atoms with E-state index in [2.05, 4.69) is 10.6 Å². The van der Waals surface area contributed by atoms with E-state index < -0.39 is 12.0 Å².